The summed E-state index contributed by atoms with van der Waals surface area (Å²) in [5, 5.41) is 0.656. The highest BCUT2D eigenvalue weighted by Crippen LogP contribution is 2.22. The topological polar surface area (TPSA) is 102 Å². The largest absolute Gasteiger partial charge is 0.368 e. The average molecular weight is 319 g/mol. The number of anilines is 1. The van der Waals surface area contributed by atoms with Crippen LogP contribution in [0.5, 0.6) is 0 Å². The molecule has 8 heteroatoms. The van der Waals surface area contributed by atoms with Gasteiger partial charge in [0, 0.05) is 11.2 Å². The first kappa shape index (κ1) is 14.5. The van der Waals surface area contributed by atoms with Gasteiger partial charge in [-0.05, 0) is 31.9 Å². The lowest BCUT2D eigenvalue weighted by Crippen LogP contribution is -2.19. The number of nitrogens with two attached hydrogens (primary N) is 1. The molecule has 3 aromatic rings. The lowest BCUT2D eigenvalue weighted by molar-refractivity contribution is 0.750. The third-order valence-corrected chi connectivity index (χ3v) is 4.23. The van der Waals surface area contributed by atoms with Gasteiger partial charge in [0.05, 0.1) is 17.9 Å². The van der Waals surface area contributed by atoms with Gasteiger partial charge in [0.25, 0.3) is 0 Å². The first-order valence-corrected chi connectivity index (χ1v) is 7.09. The van der Waals surface area contributed by atoms with Crippen LogP contribution in [0.1, 0.15) is 22.5 Å². The highest BCUT2D eigenvalue weighted by Gasteiger charge is 2.15. The molecule has 0 bridgehead atoms. The van der Waals surface area contributed by atoms with Crippen molar-refractivity contribution in [2.75, 3.05) is 5.73 Å². The van der Waals surface area contributed by atoms with Gasteiger partial charge >= 0.3 is 5.69 Å². The molecule has 7 nitrogen and oxygen atoms in total. The van der Waals surface area contributed by atoms with Crippen LogP contribution >= 0.6 is 11.6 Å². The smallest absolute Gasteiger partial charge is 0.328 e. The van der Waals surface area contributed by atoms with Crippen LogP contribution in [0.3, 0.4) is 0 Å². The van der Waals surface area contributed by atoms with Gasteiger partial charge in [-0.2, -0.15) is 4.98 Å². The van der Waals surface area contributed by atoms with Crippen molar-refractivity contribution in [3.05, 3.63) is 44.2 Å². The fraction of sp³-hybridized carbons (Fsp3) is 0.286. The minimum Gasteiger partial charge on any atom is -0.368 e. The molecular formula is C14H15ClN6O. The molecule has 3 N–H and O–H groups in total. The summed E-state index contributed by atoms with van der Waals surface area (Å²) < 4.78 is 1.49. The van der Waals surface area contributed by atoms with Crippen LogP contribution in [-0.4, -0.2) is 24.5 Å². The van der Waals surface area contributed by atoms with Crippen LogP contribution in [0, 0.1) is 20.8 Å². The summed E-state index contributed by atoms with van der Waals surface area (Å²) in [5.74, 6) is 0.129. The molecule has 3 rings (SSSR count). The summed E-state index contributed by atoms with van der Waals surface area (Å²) in [6.45, 7) is 5.81. The number of nitrogens with zero attached hydrogens (tertiary/aromatic N) is 4. The van der Waals surface area contributed by atoms with Crippen molar-refractivity contribution in [3.8, 4) is 0 Å². The van der Waals surface area contributed by atoms with Crippen molar-refractivity contribution in [2.24, 2.45) is 0 Å². The van der Waals surface area contributed by atoms with Crippen molar-refractivity contribution >= 4 is 28.7 Å². The summed E-state index contributed by atoms with van der Waals surface area (Å²) >= 11 is 6.25. The first-order chi connectivity index (χ1) is 10.4. The highest BCUT2D eigenvalue weighted by atomic mass is 35.5. The Kier molecular flexibility index (Phi) is 3.37. The van der Waals surface area contributed by atoms with Gasteiger partial charge in [-0.25, -0.2) is 9.78 Å². The molecule has 0 saturated carbocycles. The number of nitrogens with one attached hydrogen (secondary N) is 1. The molecule has 0 radical (unpaired) electrons. The van der Waals surface area contributed by atoms with Crippen molar-refractivity contribution in [3.63, 3.8) is 0 Å². The molecule has 0 aliphatic carbocycles. The Morgan fingerprint density at radius 2 is 2.05 bits per heavy atom. The molecule has 3 heterocycles. The number of nitrogen functional groups attached to an aromatic ring is 1. The van der Waals surface area contributed by atoms with Crippen LogP contribution < -0.4 is 11.4 Å². The molecule has 0 aliphatic rings. The molecule has 0 saturated heterocycles. The maximum atomic E-state index is 12.2. The molecular weight excluding hydrogens is 304 g/mol. The first-order valence-electron chi connectivity index (χ1n) is 6.71. The Labute approximate surface area is 131 Å². The number of halogens is 1. The number of pyridine rings is 1. The zero-order chi connectivity index (χ0) is 16.0. The highest BCUT2D eigenvalue weighted by molar-refractivity contribution is 6.32. The van der Waals surface area contributed by atoms with E-state index in [2.05, 4.69) is 19.9 Å². The maximum absolute atomic E-state index is 12.2. The second kappa shape index (κ2) is 5.10. The minimum atomic E-state index is -0.282. The van der Waals surface area contributed by atoms with E-state index in [4.69, 9.17) is 17.3 Å². The number of imidazole rings is 1. The van der Waals surface area contributed by atoms with Crippen molar-refractivity contribution in [1.29, 1.82) is 0 Å². The van der Waals surface area contributed by atoms with Gasteiger partial charge < -0.3 is 10.7 Å². The van der Waals surface area contributed by atoms with E-state index in [-0.39, 0.29) is 18.2 Å². The molecule has 0 spiro atoms. The van der Waals surface area contributed by atoms with E-state index < -0.39 is 0 Å². The van der Waals surface area contributed by atoms with Crippen molar-refractivity contribution in [1.82, 2.24) is 24.5 Å². The normalized spacial score (nSPS) is 11.3. The van der Waals surface area contributed by atoms with Gasteiger partial charge in [-0.3, -0.25) is 9.55 Å². The number of aromatic nitrogens is 5. The van der Waals surface area contributed by atoms with Crippen LogP contribution in [-0.2, 0) is 6.54 Å². The van der Waals surface area contributed by atoms with E-state index in [1.807, 2.05) is 13.8 Å². The second-order valence-electron chi connectivity index (χ2n) is 5.21. The third-order valence-electron chi connectivity index (χ3n) is 3.65. The molecule has 0 fully saturated rings. The van der Waals surface area contributed by atoms with Crippen LogP contribution in [0.4, 0.5) is 5.95 Å². The number of aromatic amines is 1. The lowest BCUT2D eigenvalue weighted by Gasteiger charge is -2.09. The monoisotopic (exact) mass is 318 g/mol. The molecule has 0 amide bonds. The van der Waals surface area contributed by atoms with Crippen molar-refractivity contribution in [2.45, 2.75) is 27.3 Å². The lowest BCUT2D eigenvalue weighted by atomic mass is 10.1. The van der Waals surface area contributed by atoms with E-state index in [9.17, 15) is 4.79 Å². The molecule has 114 valence electrons. The van der Waals surface area contributed by atoms with Crippen molar-refractivity contribution < 1.29 is 0 Å². The summed E-state index contributed by atoms with van der Waals surface area (Å²) in [7, 11) is 0. The molecule has 0 atom stereocenters. The predicted octanol–water partition coefficient (Wildman–Crippen LogP) is 1.72. The second-order valence-corrected chi connectivity index (χ2v) is 5.59. The van der Waals surface area contributed by atoms with Crippen LogP contribution in [0.15, 0.2) is 11.0 Å². The van der Waals surface area contributed by atoms with Crippen LogP contribution in [0.25, 0.3) is 11.2 Å². The summed E-state index contributed by atoms with van der Waals surface area (Å²) in [5.41, 5.74) is 9.54. The minimum absolute atomic E-state index is 0.129. The molecule has 0 unspecified atom stereocenters. The molecule has 0 aliphatic heterocycles. The number of aryl methyl sites for hydroxylation is 2. The predicted molar refractivity (Wildman–Crippen MR) is 85.1 cm³/mol. The summed E-state index contributed by atoms with van der Waals surface area (Å²) in [6, 6.07) is 0. The standard InChI is InChI=1S/C14H15ClN6O/c1-6-4-17-9(7(2)10(6)15)5-21-12-11(19-14(21)22)8(3)18-13(16)20-12/h4H,5H2,1-3H3,(H,19,22)(H2,16,18,20). The fourth-order valence-corrected chi connectivity index (χ4v) is 2.56. The Bertz CT molecular complexity index is 943. The number of hydrogen-bond donors (Lipinski definition) is 2. The SMILES string of the molecule is Cc1cnc(Cn2c(=O)[nH]c3c(C)nc(N)nc32)c(C)c1Cl. The van der Waals surface area contributed by atoms with Gasteiger partial charge in [0.1, 0.15) is 5.52 Å². The van der Waals surface area contributed by atoms with Gasteiger partial charge in [0.15, 0.2) is 5.65 Å². The van der Waals surface area contributed by atoms with E-state index in [0.29, 0.717) is 27.6 Å². The molecule has 3 aromatic heterocycles. The average Bonchev–Trinajstić information content (AvgIpc) is 2.76. The maximum Gasteiger partial charge on any atom is 0.328 e. The van der Waals surface area contributed by atoms with Crippen LogP contribution in [0.2, 0.25) is 5.02 Å². The van der Waals surface area contributed by atoms with Gasteiger partial charge in [-0.15, -0.1) is 0 Å². The Morgan fingerprint density at radius 1 is 1.32 bits per heavy atom. The van der Waals surface area contributed by atoms with E-state index in [1.165, 1.54) is 4.57 Å². The zero-order valence-corrected chi connectivity index (χ0v) is 13.2. The number of rotatable bonds is 2. The quantitative estimate of drug-likeness (QED) is 0.749. The fourth-order valence-electron chi connectivity index (χ4n) is 2.40. The summed E-state index contributed by atoms with van der Waals surface area (Å²) in [6.07, 6.45) is 1.69. The third kappa shape index (κ3) is 2.23. The van der Waals surface area contributed by atoms with E-state index in [0.717, 1.165) is 11.1 Å². The zero-order valence-electron chi connectivity index (χ0n) is 12.4. The van der Waals surface area contributed by atoms with Gasteiger partial charge in [0.2, 0.25) is 5.95 Å². The Hall–Kier alpha value is -2.41. The Morgan fingerprint density at radius 3 is 2.77 bits per heavy atom. The number of hydrogen-bond acceptors (Lipinski definition) is 5. The molecule has 22 heavy (non-hydrogen) atoms. The van der Waals surface area contributed by atoms with E-state index >= 15 is 0 Å². The van der Waals surface area contributed by atoms with Gasteiger partial charge in [-0.1, -0.05) is 11.6 Å². The van der Waals surface area contributed by atoms with E-state index in [1.54, 1.807) is 13.1 Å². The molecule has 0 aromatic carbocycles. The number of H-pyrrole nitrogens is 1. The Balaban J connectivity index is 2.18. The summed E-state index contributed by atoms with van der Waals surface area (Å²) in [4.78, 5) is 27.5. The number of fused-ring (bicyclic) bond motifs is 1.